The summed E-state index contributed by atoms with van der Waals surface area (Å²) < 4.78 is 13.5. The van der Waals surface area contributed by atoms with E-state index in [1.165, 1.54) is 36.4 Å². The van der Waals surface area contributed by atoms with Crippen molar-refractivity contribution in [3.63, 3.8) is 0 Å². The number of aromatic carboxylic acids is 2. The first-order valence-electron chi connectivity index (χ1n) is 6.33. The summed E-state index contributed by atoms with van der Waals surface area (Å²) >= 11 is 0. The van der Waals surface area contributed by atoms with Gasteiger partial charge in [0.05, 0.1) is 11.1 Å². The van der Waals surface area contributed by atoms with Crippen LogP contribution in [0.4, 0.5) is 4.39 Å². The Labute approximate surface area is 129 Å². The molecule has 2 aromatic carbocycles. The van der Waals surface area contributed by atoms with E-state index < -0.39 is 29.2 Å². The highest BCUT2D eigenvalue weighted by molar-refractivity contribution is 6.08. The number of carbonyl (C=O) groups excluding carboxylic acids is 1. The second-order valence-electron chi connectivity index (χ2n) is 4.46. The number of halogens is 1. The van der Waals surface area contributed by atoms with Crippen molar-refractivity contribution in [2.45, 2.75) is 0 Å². The number of carbonyl (C=O) groups is 3. The van der Waals surface area contributed by atoms with Crippen molar-refractivity contribution in [1.82, 2.24) is 0 Å². The van der Waals surface area contributed by atoms with Crippen molar-refractivity contribution < 1.29 is 29.0 Å². The Bertz CT molecular complexity index is 812. The maximum atomic E-state index is 13.5. The first-order valence-corrected chi connectivity index (χ1v) is 6.33. The molecule has 0 aliphatic carbocycles. The summed E-state index contributed by atoms with van der Waals surface area (Å²) in [5.74, 6) is -4.59. The van der Waals surface area contributed by atoms with E-state index in [4.69, 9.17) is 10.2 Å². The number of benzene rings is 2. The van der Waals surface area contributed by atoms with Crippen LogP contribution in [0.2, 0.25) is 0 Å². The maximum Gasteiger partial charge on any atom is 0.339 e. The molecule has 2 N–H and O–H groups in total. The van der Waals surface area contributed by atoms with Crippen molar-refractivity contribution in [3.8, 4) is 0 Å². The van der Waals surface area contributed by atoms with Gasteiger partial charge in [-0.25, -0.2) is 19.0 Å². The molecule has 0 spiro atoms. The highest BCUT2D eigenvalue weighted by Crippen LogP contribution is 2.15. The molecule has 0 heterocycles. The molecule has 0 saturated carbocycles. The summed E-state index contributed by atoms with van der Waals surface area (Å²) in [6.45, 7) is 0. The van der Waals surface area contributed by atoms with Gasteiger partial charge in [-0.05, 0) is 29.8 Å². The van der Waals surface area contributed by atoms with Crippen molar-refractivity contribution in [1.29, 1.82) is 0 Å². The second-order valence-corrected chi connectivity index (χ2v) is 4.46. The van der Waals surface area contributed by atoms with Gasteiger partial charge >= 0.3 is 11.9 Å². The second kappa shape index (κ2) is 6.61. The number of hydrogen-bond donors (Lipinski definition) is 2. The SMILES string of the molecule is O=C(O)c1ccc(C=NC(=O)c2cccc(F)c2C(=O)O)cc1. The number of hydrogen-bond acceptors (Lipinski definition) is 3. The lowest BCUT2D eigenvalue weighted by Crippen LogP contribution is -2.10. The van der Waals surface area contributed by atoms with E-state index >= 15 is 0 Å². The van der Waals surface area contributed by atoms with E-state index in [0.717, 1.165) is 12.3 Å². The molecule has 116 valence electrons. The zero-order valence-electron chi connectivity index (χ0n) is 11.6. The third-order valence-electron chi connectivity index (χ3n) is 2.95. The van der Waals surface area contributed by atoms with Crippen LogP contribution in [0.5, 0.6) is 0 Å². The van der Waals surface area contributed by atoms with Crippen LogP contribution in [0.3, 0.4) is 0 Å². The number of aliphatic imine (C=N–C) groups is 1. The zero-order chi connectivity index (χ0) is 17.0. The lowest BCUT2D eigenvalue weighted by atomic mass is 10.1. The molecule has 0 atom stereocenters. The van der Waals surface area contributed by atoms with Crippen molar-refractivity contribution >= 4 is 24.1 Å². The minimum atomic E-state index is -1.56. The largest absolute Gasteiger partial charge is 0.478 e. The van der Waals surface area contributed by atoms with E-state index in [0.29, 0.717) is 5.56 Å². The molecule has 2 rings (SSSR count). The number of carboxylic acid groups (broad SMARTS) is 2. The summed E-state index contributed by atoms with van der Waals surface area (Å²) in [5, 5.41) is 17.7. The highest BCUT2D eigenvalue weighted by atomic mass is 19.1. The molecule has 0 aromatic heterocycles. The summed E-state index contributed by atoms with van der Waals surface area (Å²) in [6, 6.07) is 8.85. The topological polar surface area (TPSA) is 104 Å². The Kier molecular flexibility index (Phi) is 4.61. The molecule has 2 aromatic rings. The molecule has 0 radical (unpaired) electrons. The lowest BCUT2D eigenvalue weighted by Gasteiger charge is -2.02. The normalized spacial score (nSPS) is 10.7. The van der Waals surface area contributed by atoms with Gasteiger partial charge in [-0.2, -0.15) is 0 Å². The van der Waals surface area contributed by atoms with E-state index in [2.05, 4.69) is 4.99 Å². The molecule has 0 unspecified atom stereocenters. The number of rotatable bonds is 4. The van der Waals surface area contributed by atoms with Crippen LogP contribution in [0.15, 0.2) is 47.5 Å². The standard InChI is InChI=1S/C16H10FNO5/c17-12-3-1-2-11(13(12)16(22)23)14(19)18-8-9-4-6-10(7-5-9)15(20)21/h1-8H,(H,20,21)(H,22,23). The average molecular weight is 315 g/mol. The average Bonchev–Trinajstić information content (AvgIpc) is 2.52. The summed E-state index contributed by atoms with van der Waals surface area (Å²) in [7, 11) is 0. The van der Waals surface area contributed by atoms with Gasteiger partial charge in [0, 0.05) is 6.21 Å². The molecule has 1 amide bonds. The van der Waals surface area contributed by atoms with Crippen LogP contribution in [-0.4, -0.2) is 34.3 Å². The van der Waals surface area contributed by atoms with Crippen LogP contribution >= 0.6 is 0 Å². The number of carboxylic acids is 2. The summed E-state index contributed by atoms with van der Waals surface area (Å²) in [5.41, 5.74) is -0.588. The van der Waals surface area contributed by atoms with Crippen LogP contribution in [0.1, 0.15) is 36.6 Å². The Hall–Kier alpha value is -3.35. The summed E-state index contributed by atoms with van der Waals surface area (Å²) in [6.07, 6.45) is 1.14. The molecule has 7 heteroatoms. The predicted octanol–water partition coefficient (Wildman–Crippen LogP) is 2.48. The van der Waals surface area contributed by atoms with Gasteiger partial charge in [0.15, 0.2) is 0 Å². The predicted molar refractivity (Wildman–Crippen MR) is 78.7 cm³/mol. The smallest absolute Gasteiger partial charge is 0.339 e. The van der Waals surface area contributed by atoms with E-state index in [9.17, 15) is 18.8 Å². The quantitative estimate of drug-likeness (QED) is 0.843. The summed E-state index contributed by atoms with van der Waals surface area (Å²) in [4.78, 5) is 37.3. The van der Waals surface area contributed by atoms with Crippen molar-refractivity contribution in [2.75, 3.05) is 0 Å². The first kappa shape index (κ1) is 16.0. The molecule has 6 nitrogen and oxygen atoms in total. The Morgan fingerprint density at radius 2 is 1.61 bits per heavy atom. The van der Waals surface area contributed by atoms with Gasteiger partial charge in [0.2, 0.25) is 0 Å². The minimum Gasteiger partial charge on any atom is -0.478 e. The van der Waals surface area contributed by atoms with Crippen LogP contribution in [0.25, 0.3) is 0 Å². The Morgan fingerprint density at radius 3 is 2.17 bits per heavy atom. The maximum absolute atomic E-state index is 13.5. The molecular formula is C16H10FNO5. The molecule has 0 aliphatic rings. The lowest BCUT2D eigenvalue weighted by molar-refractivity contribution is 0.0681. The third kappa shape index (κ3) is 3.65. The van der Waals surface area contributed by atoms with Crippen LogP contribution in [0, 0.1) is 5.82 Å². The molecular weight excluding hydrogens is 305 g/mol. The fourth-order valence-corrected chi connectivity index (χ4v) is 1.83. The van der Waals surface area contributed by atoms with Gasteiger partial charge in [-0.15, -0.1) is 0 Å². The molecule has 0 bridgehead atoms. The molecule has 0 fully saturated rings. The van der Waals surface area contributed by atoms with Gasteiger partial charge in [0.25, 0.3) is 5.91 Å². The highest BCUT2D eigenvalue weighted by Gasteiger charge is 2.19. The first-order chi connectivity index (χ1) is 10.9. The Morgan fingerprint density at radius 1 is 0.957 bits per heavy atom. The van der Waals surface area contributed by atoms with E-state index in [1.807, 2.05) is 0 Å². The van der Waals surface area contributed by atoms with Gasteiger partial charge < -0.3 is 10.2 Å². The molecule has 23 heavy (non-hydrogen) atoms. The third-order valence-corrected chi connectivity index (χ3v) is 2.95. The fourth-order valence-electron chi connectivity index (χ4n) is 1.83. The molecule has 0 saturated heterocycles. The van der Waals surface area contributed by atoms with Crippen LogP contribution < -0.4 is 0 Å². The van der Waals surface area contributed by atoms with Gasteiger partial charge in [-0.1, -0.05) is 18.2 Å². The van der Waals surface area contributed by atoms with E-state index in [1.54, 1.807) is 0 Å². The Balaban J connectivity index is 2.27. The van der Waals surface area contributed by atoms with Crippen LogP contribution in [-0.2, 0) is 0 Å². The molecule has 0 aliphatic heterocycles. The van der Waals surface area contributed by atoms with E-state index in [-0.39, 0.29) is 11.1 Å². The minimum absolute atomic E-state index is 0.0757. The fraction of sp³-hybridized carbons (Fsp3) is 0. The van der Waals surface area contributed by atoms with Gasteiger partial charge in [-0.3, -0.25) is 4.79 Å². The number of nitrogens with zero attached hydrogens (tertiary/aromatic N) is 1. The van der Waals surface area contributed by atoms with Gasteiger partial charge in [0.1, 0.15) is 11.4 Å². The van der Waals surface area contributed by atoms with Crippen molar-refractivity contribution in [3.05, 3.63) is 70.5 Å². The monoisotopic (exact) mass is 315 g/mol. The van der Waals surface area contributed by atoms with Crippen molar-refractivity contribution in [2.24, 2.45) is 4.99 Å². The zero-order valence-corrected chi connectivity index (χ0v) is 11.6. The number of amides is 1.